The van der Waals surface area contributed by atoms with Gasteiger partial charge in [0.25, 0.3) is 0 Å². The fourth-order valence-electron chi connectivity index (χ4n) is 5.98. The Labute approximate surface area is 233 Å². The molecule has 8 aromatic rings. The minimum absolute atomic E-state index is 0.899. The van der Waals surface area contributed by atoms with Crippen LogP contribution in [0.2, 0.25) is 0 Å². The summed E-state index contributed by atoms with van der Waals surface area (Å²) in [6.45, 7) is 0. The maximum absolute atomic E-state index is 6.27. The van der Waals surface area contributed by atoms with E-state index in [2.05, 4.69) is 142 Å². The first-order chi connectivity index (χ1) is 19.3. The Bertz CT molecular complexity index is 2200. The van der Waals surface area contributed by atoms with Gasteiger partial charge in [-0.1, -0.05) is 107 Å². The van der Waals surface area contributed by atoms with Crippen molar-refractivity contribution in [1.29, 1.82) is 0 Å². The third-order valence-electron chi connectivity index (χ3n) is 7.67. The molecule has 0 amide bonds. The van der Waals surface area contributed by atoms with Gasteiger partial charge in [0.1, 0.15) is 11.2 Å². The lowest BCUT2D eigenvalue weighted by Gasteiger charge is -2.13. The first kappa shape index (κ1) is 22.4. The normalized spacial score (nSPS) is 11.7. The molecule has 0 unspecified atom stereocenters. The SMILES string of the molecule is Brc1cccc(-c2ccccc2-c2ccc3c4ccccc4n(-c4cccc5oc6ccccc6c45)c3c2)c1. The van der Waals surface area contributed by atoms with Crippen LogP contribution in [-0.4, -0.2) is 4.57 Å². The van der Waals surface area contributed by atoms with E-state index in [0.717, 1.165) is 32.1 Å². The second kappa shape index (κ2) is 8.72. The summed E-state index contributed by atoms with van der Waals surface area (Å²) < 4.78 is 9.74. The summed E-state index contributed by atoms with van der Waals surface area (Å²) in [5.74, 6) is 0. The average Bonchev–Trinajstić information content (AvgIpc) is 3.53. The Balaban J connectivity index is 1.45. The molecule has 0 aliphatic carbocycles. The maximum Gasteiger partial charge on any atom is 0.137 e. The van der Waals surface area contributed by atoms with Crippen LogP contribution < -0.4 is 0 Å². The number of fused-ring (bicyclic) bond motifs is 6. The first-order valence-corrected chi connectivity index (χ1v) is 13.8. The molecular weight excluding hydrogens is 542 g/mol. The topological polar surface area (TPSA) is 18.1 Å². The smallest absolute Gasteiger partial charge is 0.137 e. The highest BCUT2D eigenvalue weighted by atomic mass is 79.9. The zero-order chi connectivity index (χ0) is 25.9. The molecule has 2 aromatic heterocycles. The van der Waals surface area contributed by atoms with Crippen LogP contribution >= 0.6 is 15.9 Å². The zero-order valence-electron chi connectivity index (χ0n) is 20.9. The highest BCUT2D eigenvalue weighted by molar-refractivity contribution is 9.10. The predicted octanol–water partition coefficient (Wildman–Crippen LogP) is 10.8. The number of hydrogen-bond acceptors (Lipinski definition) is 1. The Morgan fingerprint density at radius 3 is 2.00 bits per heavy atom. The number of halogens is 1. The Morgan fingerprint density at radius 1 is 0.487 bits per heavy atom. The monoisotopic (exact) mass is 563 g/mol. The van der Waals surface area contributed by atoms with Gasteiger partial charge in [-0.2, -0.15) is 0 Å². The van der Waals surface area contributed by atoms with Gasteiger partial charge >= 0.3 is 0 Å². The maximum atomic E-state index is 6.27. The van der Waals surface area contributed by atoms with Gasteiger partial charge < -0.3 is 8.98 Å². The Morgan fingerprint density at radius 2 is 1.15 bits per heavy atom. The van der Waals surface area contributed by atoms with E-state index >= 15 is 0 Å². The molecule has 0 saturated heterocycles. The number of nitrogens with zero attached hydrogens (tertiary/aromatic N) is 1. The highest BCUT2D eigenvalue weighted by Gasteiger charge is 2.18. The molecule has 8 rings (SSSR count). The fraction of sp³-hybridized carbons (Fsp3) is 0. The van der Waals surface area contributed by atoms with Crippen molar-refractivity contribution in [2.24, 2.45) is 0 Å². The predicted molar refractivity (Wildman–Crippen MR) is 167 cm³/mol. The van der Waals surface area contributed by atoms with Gasteiger partial charge in [-0.15, -0.1) is 0 Å². The zero-order valence-corrected chi connectivity index (χ0v) is 22.5. The van der Waals surface area contributed by atoms with Gasteiger partial charge in [-0.3, -0.25) is 0 Å². The second-order valence-corrected chi connectivity index (χ2v) is 10.8. The standard InChI is InChI=1S/C36H22BrNO/c37-25-10-7-9-23(21-25)26-11-1-2-12-27(26)24-19-20-29-28-13-3-5-15-31(28)38(33(29)22-24)32-16-8-18-35-36(32)30-14-4-6-17-34(30)39-35/h1-22H. The van der Waals surface area contributed by atoms with E-state index in [9.17, 15) is 0 Å². The molecule has 0 spiro atoms. The Hall–Kier alpha value is -4.60. The van der Waals surface area contributed by atoms with E-state index in [4.69, 9.17) is 4.42 Å². The number of aromatic nitrogens is 1. The van der Waals surface area contributed by atoms with Crippen molar-refractivity contribution in [3.63, 3.8) is 0 Å². The molecule has 0 aliphatic rings. The summed E-state index contributed by atoms with van der Waals surface area (Å²) in [5, 5.41) is 4.74. The van der Waals surface area contributed by atoms with Crippen molar-refractivity contribution in [3.8, 4) is 27.9 Å². The van der Waals surface area contributed by atoms with Gasteiger partial charge in [-0.25, -0.2) is 0 Å². The van der Waals surface area contributed by atoms with Crippen LogP contribution in [-0.2, 0) is 0 Å². The molecule has 0 bridgehead atoms. The number of hydrogen-bond donors (Lipinski definition) is 0. The molecule has 6 aromatic carbocycles. The van der Waals surface area contributed by atoms with Crippen LogP contribution in [0.15, 0.2) is 142 Å². The lowest BCUT2D eigenvalue weighted by Crippen LogP contribution is -1.95. The van der Waals surface area contributed by atoms with E-state index < -0.39 is 0 Å². The summed E-state index contributed by atoms with van der Waals surface area (Å²) in [7, 11) is 0. The minimum atomic E-state index is 0.899. The van der Waals surface area contributed by atoms with Crippen LogP contribution in [0.25, 0.3) is 71.7 Å². The van der Waals surface area contributed by atoms with E-state index in [1.54, 1.807) is 0 Å². The van der Waals surface area contributed by atoms with Gasteiger partial charge in [-0.05, 0) is 64.7 Å². The van der Waals surface area contributed by atoms with Crippen LogP contribution in [0.1, 0.15) is 0 Å². The highest BCUT2D eigenvalue weighted by Crippen LogP contribution is 2.41. The molecule has 39 heavy (non-hydrogen) atoms. The van der Waals surface area contributed by atoms with Gasteiger partial charge in [0.15, 0.2) is 0 Å². The van der Waals surface area contributed by atoms with E-state index in [1.807, 2.05) is 12.1 Å². The average molecular weight is 564 g/mol. The van der Waals surface area contributed by atoms with Gasteiger partial charge in [0.2, 0.25) is 0 Å². The summed E-state index contributed by atoms with van der Waals surface area (Å²) in [4.78, 5) is 0. The number of rotatable bonds is 3. The van der Waals surface area contributed by atoms with E-state index in [1.165, 1.54) is 44.1 Å². The lowest BCUT2D eigenvalue weighted by molar-refractivity contribution is 0.669. The van der Waals surface area contributed by atoms with E-state index in [0.29, 0.717) is 0 Å². The summed E-state index contributed by atoms with van der Waals surface area (Å²) >= 11 is 3.65. The molecule has 0 aliphatic heterocycles. The molecule has 2 heterocycles. The van der Waals surface area contributed by atoms with Crippen LogP contribution in [0.5, 0.6) is 0 Å². The van der Waals surface area contributed by atoms with Crippen molar-refractivity contribution < 1.29 is 4.42 Å². The lowest BCUT2D eigenvalue weighted by atomic mass is 9.94. The molecule has 3 heteroatoms. The van der Waals surface area contributed by atoms with Crippen molar-refractivity contribution >= 4 is 59.7 Å². The third-order valence-corrected chi connectivity index (χ3v) is 8.16. The molecule has 0 saturated carbocycles. The second-order valence-electron chi connectivity index (χ2n) is 9.89. The van der Waals surface area contributed by atoms with Crippen LogP contribution in [0, 0.1) is 0 Å². The van der Waals surface area contributed by atoms with Crippen LogP contribution in [0.4, 0.5) is 0 Å². The van der Waals surface area contributed by atoms with Crippen LogP contribution in [0.3, 0.4) is 0 Å². The third kappa shape index (κ3) is 3.47. The molecule has 0 N–H and O–H groups in total. The van der Waals surface area contributed by atoms with Crippen molar-refractivity contribution in [1.82, 2.24) is 4.57 Å². The summed E-state index contributed by atoms with van der Waals surface area (Å²) in [6, 6.07) is 47.4. The number of para-hydroxylation sites is 2. The van der Waals surface area contributed by atoms with Crippen molar-refractivity contribution in [3.05, 3.63) is 138 Å². The summed E-state index contributed by atoms with van der Waals surface area (Å²) in [5.41, 5.74) is 10.1. The van der Waals surface area contributed by atoms with Gasteiger partial charge in [0, 0.05) is 20.6 Å². The minimum Gasteiger partial charge on any atom is -0.456 e. The van der Waals surface area contributed by atoms with E-state index in [-0.39, 0.29) is 0 Å². The largest absolute Gasteiger partial charge is 0.456 e. The quantitative estimate of drug-likeness (QED) is 0.209. The Kier molecular flexibility index (Phi) is 5.01. The van der Waals surface area contributed by atoms with Crippen molar-refractivity contribution in [2.75, 3.05) is 0 Å². The number of benzene rings is 6. The summed E-state index contributed by atoms with van der Waals surface area (Å²) in [6.07, 6.45) is 0. The first-order valence-electron chi connectivity index (χ1n) is 13.1. The molecule has 0 atom stereocenters. The molecular formula is C36H22BrNO. The molecule has 0 fully saturated rings. The fourth-order valence-corrected chi connectivity index (χ4v) is 6.38. The van der Waals surface area contributed by atoms with Gasteiger partial charge in [0.05, 0.1) is 22.1 Å². The van der Waals surface area contributed by atoms with Crippen molar-refractivity contribution in [2.45, 2.75) is 0 Å². The number of furan rings is 1. The molecule has 2 nitrogen and oxygen atoms in total. The molecule has 184 valence electrons. The molecule has 0 radical (unpaired) electrons.